The molecule has 1 aliphatic rings. The van der Waals surface area contributed by atoms with Crippen molar-refractivity contribution in [1.82, 2.24) is 5.01 Å². The van der Waals surface area contributed by atoms with Crippen LogP contribution < -0.4 is 12.4 Å². The molecule has 1 saturated heterocycles. The lowest BCUT2D eigenvalue weighted by Gasteiger charge is -2.40. The predicted molar refractivity (Wildman–Crippen MR) is 60.0 cm³/mol. The molecule has 1 fully saturated rings. The fourth-order valence-electron chi connectivity index (χ4n) is 1.87. The lowest BCUT2D eigenvalue weighted by Crippen LogP contribution is -3.00. The number of morpholine rings is 1. The second-order valence-corrected chi connectivity index (χ2v) is 3.96. The van der Waals surface area contributed by atoms with E-state index in [1.54, 1.807) is 0 Å². The molecule has 0 amide bonds. The molecule has 0 saturated carbocycles. The lowest BCUT2D eigenvalue weighted by molar-refractivity contribution is -1.16. The molecule has 1 atom stereocenters. The average Bonchev–Trinajstić information content (AvgIpc) is 2.30. The normalized spacial score (nSPS) is 19.9. The monoisotopic (exact) mass is 264 g/mol. The summed E-state index contributed by atoms with van der Waals surface area (Å²) in [5, 5.41) is 2.11. The van der Waals surface area contributed by atoms with Crippen LogP contribution in [0.5, 0.6) is 0 Å². The van der Waals surface area contributed by atoms with E-state index in [9.17, 15) is 4.79 Å². The van der Waals surface area contributed by atoms with Crippen LogP contribution in [-0.2, 0) is 14.4 Å². The minimum Gasteiger partial charge on any atom is -1.00 e. The van der Waals surface area contributed by atoms with Crippen molar-refractivity contribution in [3.8, 4) is 0 Å². The highest BCUT2D eigenvalue weighted by molar-refractivity contribution is 5.80. The molecule has 0 bridgehead atoms. The van der Waals surface area contributed by atoms with Gasteiger partial charge in [-0.05, 0) is 6.42 Å². The lowest BCUT2D eigenvalue weighted by atomic mass is 10.4. The highest BCUT2D eigenvalue weighted by Crippen LogP contribution is 2.14. The van der Waals surface area contributed by atoms with Gasteiger partial charge in [0.15, 0.2) is 0 Å². The van der Waals surface area contributed by atoms with Crippen LogP contribution in [0.4, 0.5) is 0 Å². The maximum absolute atomic E-state index is 11.3. The Kier molecular flexibility index (Phi) is 7.38. The molecule has 1 rings (SSSR count). The largest absolute Gasteiger partial charge is 1.00 e. The molecule has 1 unspecified atom stereocenters. The first-order valence-corrected chi connectivity index (χ1v) is 5.67. The third-order valence-corrected chi connectivity index (χ3v) is 2.68. The summed E-state index contributed by atoms with van der Waals surface area (Å²) < 4.78 is 5.48. The zero-order chi connectivity index (χ0) is 12.0. The Hall–Kier alpha value is -0.620. The van der Waals surface area contributed by atoms with Gasteiger partial charge >= 0.3 is 5.97 Å². The number of ether oxygens (including phenoxy) is 1. The summed E-state index contributed by atoms with van der Waals surface area (Å²) in [5.74, 6) is -0.387. The first-order valence-electron chi connectivity index (χ1n) is 5.67. The fourth-order valence-corrected chi connectivity index (χ4v) is 1.87. The minimum atomic E-state index is -0.387. The van der Waals surface area contributed by atoms with E-state index < -0.39 is 0 Å². The zero-order valence-electron chi connectivity index (χ0n) is 10.5. The van der Waals surface area contributed by atoms with Crippen molar-refractivity contribution in [2.24, 2.45) is 0 Å². The van der Waals surface area contributed by atoms with Gasteiger partial charge in [0.05, 0.1) is 26.3 Å². The third kappa shape index (κ3) is 4.63. The smallest absolute Gasteiger partial charge is 0.392 e. The Morgan fingerprint density at radius 1 is 1.53 bits per heavy atom. The number of carbonyl (C=O) groups is 1. The Labute approximate surface area is 109 Å². The molecular weight excluding hydrogens is 244 g/mol. The molecule has 100 valence electrons. The molecule has 1 aliphatic heterocycles. The number of carbonyl (C=O) groups excluding carboxylic acids is 1. The number of quaternary nitrogens is 1. The standard InChI is InChI=1S/C11H21N2O3.ClH/c1-4-8-13(3,16-11(14)5-2)12-6-9-15-10-7-12;/h5H,2,4,6-10H2,1,3H3;1H/q+1;/p-1. The van der Waals surface area contributed by atoms with Gasteiger partial charge in [-0.1, -0.05) is 18.3 Å². The Morgan fingerprint density at radius 3 is 2.59 bits per heavy atom. The van der Waals surface area contributed by atoms with E-state index in [-0.39, 0.29) is 23.1 Å². The summed E-state index contributed by atoms with van der Waals surface area (Å²) in [7, 11) is 1.90. The highest BCUT2D eigenvalue weighted by atomic mass is 35.5. The average molecular weight is 265 g/mol. The summed E-state index contributed by atoms with van der Waals surface area (Å²) in [6, 6.07) is 0. The summed E-state index contributed by atoms with van der Waals surface area (Å²) in [6.45, 7) is 9.18. The molecule has 6 heteroatoms. The molecule has 1 heterocycles. The van der Waals surface area contributed by atoms with E-state index >= 15 is 0 Å². The third-order valence-electron chi connectivity index (χ3n) is 2.68. The number of rotatable bonds is 5. The van der Waals surface area contributed by atoms with Crippen molar-refractivity contribution < 1.29 is 31.5 Å². The van der Waals surface area contributed by atoms with E-state index in [4.69, 9.17) is 9.57 Å². The molecule has 17 heavy (non-hydrogen) atoms. The number of hydroxylamine groups is 2. The van der Waals surface area contributed by atoms with Crippen LogP contribution in [0.25, 0.3) is 0 Å². The van der Waals surface area contributed by atoms with Crippen molar-refractivity contribution in [3.05, 3.63) is 12.7 Å². The topological polar surface area (TPSA) is 38.8 Å². The van der Waals surface area contributed by atoms with Crippen molar-refractivity contribution in [1.29, 1.82) is 0 Å². The van der Waals surface area contributed by atoms with Crippen LogP contribution in [0.2, 0.25) is 0 Å². The van der Waals surface area contributed by atoms with Crippen LogP contribution in [0.1, 0.15) is 13.3 Å². The van der Waals surface area contributed by atoms with Crippen LogP contribution in [0.3, 0.4) is 0 Å². The molecule has 0 aromatic carbocycles. The van der Waals surface area contributed by atoms with Gasteiger partial charge in [0.1, 0.15) is 13.6 Å². The molecule has 0 spiro atoms. The van der Waals surface area contributed by atoms with E-state index in [0.717, 1.165) is 26.1 Å². The second kappa shape index (κ2) is 7.66. The van der Waals surface area contributed by atoms with E-state index in [1.807, 2.05) is 7.05 Å². The zero-order valence-corrected chi connectivity index (χ0v) is 11.3. The summed E-state index contributed by atoms with van der Waals surface area (Å²) in [5.41, 5.74) is 0. The van der Waals surface area contributed by atoms with Gasteiger partial charge in [-0.25, -0.2) is 4.79 Å². The summed E-state index contributed by atoms with van der Waals surface area (Å²) in [4.78, 5) is 16.7. The van der Waals surface area contributed by atoms with Crippen LogP contribution in [-0.4, -0.2) is 55.6 Å². The van der Waals surface area contributed by atoms with Crippen LogP contribution >= 0.6 is 0 Å². The summed E-state index contributed by atoms with van der Waals surface area (Å²) in [6.07, 6.45) is 2.14. The Morgan fingerprint density at radius 2 is 2.12 bits per heavy atom. The van der Waals surface area contributed by atoms with Crippen molar-refractivity contribution in [2.45, 2.75) is 13.3 Å². The van der Waals surface area contributed by atoms with Gasteiger partial charge in [0, 0.05) is 6.08 Å². The van der Waals surface area contributed by atoms with Gasteiger partial charge in [0.2, 0.25) is 0 Å². The van der Waals surface area contributed by atoms with Crippen molar-refractivity contribution >= 4 is 5.97 Å². The maximum Gasteiger partial charge on any atom is 0.392 e. The molecule has 0 radical (unpaired) electrons. The van der Waals surface area contributed by atoms with E-state index in [0.29, 0.717) is 13.2 Å². The first kappa shape index (κ1) is 16.4. The predicted octanol–water partition coefficient (Wildman–Crippen LogP) is -2.26. The van der Waals surface area contributed by atoms with Gasteiger partial charge in [-0.2, -0.15) is 0 Å². The summed E-state index contributed by atoms with van der Waals surface area (Å²) >= 11 is 0. The molecule has 0 aromatic rings. The number of hydrogen-bond acceptors (Lipinski definition) is 4. The molecule has 0 aromatic heterocycles. The second-order valence-electron chi connectivity index (χ2n) is 3.96. The van der Waals surface area contributed by atoms with Gasteiger partial charge < -0.3 is 17.1 Å². The highest BCUT2D eigenvalue weighted by Gasteiger charge is 2.35. The van der Waals surface area contributed by atoms with E-state index in [1.165, 1.54) is 6.08 Å². The fraction of sp³-hybridized carbons (Fsp3) is 0.727. The van der Waals surface area contributed by atoms with Gasteiger partial charge in [-0.15, -0.1) is 5.01 Å². The maximum atomic E-state index is 11.3. The molecule has 0 aliphatic carbocycles. The Bertz CT molecular complexity index is 257. The number of hydrogen-bond donors (Lipinski definition) is 0. The first-order chi connectivity index (χ1) is 7.62. The quantitative estimate of drug-likeness (QED) is 0.319. The van der Waals surface area contributed by atoms with Crippen molar-refractivity contribution in [2.75, 3.05) is 39.9 Å². The van der Waals surface area contributed by atoms with Gasteiger partial charge in [-0.3, -0.25) is 4.84 Å². The number of halogens is 1. The Balaban J connectivity index is 0.00000256. The SMILES string of the molecule is C=CC(=O)O[N+](C)(CCC)N1CCOCC1.[Cl-]. The van der Waals surface area contributed by atoms with Crippen LogP contribution in [0.15, 0.2) is 12.7 Å². The molecule has 0 N–H and O–H groups in total. The van der Waals surface area contributed by atoms with Crippen LogP contribution in [0, 0.1) is 0 Å². The molecule has 5 nitrogen and oxygen atoms in total. The molecular formula is C11H21ClN2O3. The van der Waals surface area contributed by atoms with Crippen molar-refractivity contribution in [3.63, 3.8) is 0 Å². The number of nitrogens with zero attached hydrogens (tertiary/aromatic N) is 2. The minimum absolute atomic E-state index is 0. The van der Waals surface area contributed by atoms with Gasteiger partial charge in [0.25, 0.3) is 0 Å². The van der Waals surface area contributed by atoms with E-state index in [2.05, 4.69) is 18.5 Å².